The van der Waals surface area contributed by atoms with Crippen LogP contribution in [0.2, 0.25) is 0 Å². The summed E-state index contributed by atoms with van der Waals surface area (Å²) in [5, 5.41) is 3.97. The van der Waals surface area contributed by atoms with Crippen molar-refractivity contribution in [3.8, 4) is 0 Å². The van der Waals surface area contributed by atoms with Crippen molar-refractivity contribution in [2.24, 2.45) is 5.10 Å². The number of H-pyrrole nitrogens is 1. The first-order valence-electron chi connectivity index (χ1n) is 5.51. The van der Waals surface area contributed by atoms with Crippen LogP contribution in [0.5, 0.6) is 0 Å². The molecule has 0 radical (unpaired) electrons. The number of hydrogen-bond acceptors (Lipinski definition) is 3. The van der Waals surface area contributed by atoms with Gasteiger partial charge in [0, 0.05) is 11.8 Å². The molecule has 0 unspecified atom stereocenters. The molecule has 2 rings (SSSR count). The number of carbonyl (C=O) groups is 1. The molecule has 1 aromatic heterocycles. The molecule has 19 heavy (non-hydrogen) atoms. The Morgan fingerprint density at radius 3 is 2.84 bits per heavy atom. The number of nitrogens with zero attached hydrogens (tertiary/aromatic N) is 1. The minimum atomic E-state index is -0.303. The van der Waals surface area contributed by atoms with Gasteiger partial charge in [-0.15, -0.1) is 11.6 Å². The van der Waals surface area contributed by atoms with Crippen molar-refractivity contribution in [3.05, 3.63) is 53.6 Å². The largest absolute Gasteiger partial charge is 0.360 e. The van der Waals surface area contributed by atoms with E-state index in [9.17, 15) is 9.18 Å². The molecule has 2 aromatic rings. The maximum Gasteiger partial charge on any atom is 0.179 e. The number of Topliss-reactive ketones (excluding diaryl/α,β-unsaturated/α-hetero) is 1. The Labute approximate surface area is 114 Å². The number of ketones is 1. The fourth-order valence-corrected chi connectivity index (χ4v) is 1.58. The molecule has 0 amide bonds. The van der Waals surface area contributed by atoms with E-state index in [1.807, 2.05) is 0 Å². The lowest BCUT2D eigenvalue weighted by Gasteiger charge is -1.98. The third-order valence-electron chi connectivity index (χ3n) is 2.39. The van der Waals surface area contributed by atoms with Gasteiger partial charge in [-0.25, -0.2) is 4.39 Å². The van der Waals surface area contributed by atoms with Crippen LogP contribution in [-0.2, 0) is 0 Å². The number of alkyl halides is 1. The lowest BCUT2D eigenvalue weighted by molar-refractivity contribution is 0.102. The molecule has 6 heteroatoms. The van der Waals surface area contributed by atoms with E-state index < -0.39 is 0 Å². The summed E-state index contributed by atoms with van der Waals surface area (Å²) in [6, 6.07) is 7.47. The molecule has 98 valence electrons. The summed E-state index contributed by atoms with van der Waals surface area (Å²) >= 11 is 5.45. The number of anilines is 1. The third kappa shape index (κ3) is 3.66. The zero-order valence-corrected chi connectivity index (χ0v) is 10.6. The molecule has 1 aromatic carbocycles. The Bertz CT molecular complexity index is 592. The standard InChI is InChI=1S/C13H11ClFN3O/c14-6-13(19)9-5-12(16-7-9)8-17-18-11-3-1-10(15)2-4-11/h1-5,7-8,16,18H,6H2/b17-8+. The van der Waals surface area contributed by atoms with Crippen LogP contribution in [0.25, 0.3) is 0 Å². The van der Waals surface area contributed by atoms with E-state index in [1.165, 1.54) is 18.3 Å². The molecule has 0 bridgehead atoms. The van der Waals surface area contributed by atoms with E-state index in [2.05, 4.69) is 15.5 Å². The number of benzene rings is 1. The van der Waals surface area contributed by atoms with Crippen molar-refractivity contribution in [3.63, 3.8) is 0 Å². The minimum absolute atomic E-state index is 0.0533. The second kappa shape index (κ2) is 6.15. The highest BCUT2D eigenvalue weighted by Crippen LogP contribution is 2.08. The van der Waals surface area contributed by atoms with E-state index in [4.69, 9.17) is 11.6 Å². The van der Waals surface area contributed by atoms with Crippen LogP contribution in [0, 0.1) is 5.82 Å². The van der Waals surface area contributed by atoms with E-state index in [1.54, 1.807) is 24.4 Å². The van der Waals surface area contributed by atoms with Gasteiger partial charge in [-0.2, -0.15) is 5.10 Å². The summed E-state index contributed by atoms with van der Waals surface area (Å²) in [5.41, 5.74) is 4.59. The smallest absolute Gasteiger partial charge is 0.179 e. The zero-order chi connectivity index (χ0) is 13.7. The van der Waals surface area contributed by atoms with Crippen molar-refractivity contribution < 1.29 is 9.18 Å². The Balaban J connectivity index is 1.97. The molecular formula is C13H11ClFN3O. The third-order valence-corrected chi connectivity index (χ3v) is 2.63. The predicted molar refractivity (Wildman–Crippen MR) is 73.5 cm³/mol. The Morgan fingerprint density at radius 1 is 1.42 bits per heavy atom. The maximum atomic E-state index is 12.7. The molecule has 0 aliphatic rings. The summed E-state index contributed by atoms with van der Waals surface area (Å²) in [5.74, 6) is -0.505. The first-order chi connectivity index (χ1) is 9.19. The maximum absolute atomic E-state index is 12.7. The van der Waals surface area contributed by atoms with E-state index >= 15 is 0 Å². The van der Waals surface area contributed by atoms with Crippen molar-refractivity contribution in [2.75, 3.05) is 11.3 Å². The molecule has 0 saturated carbocycles. The quantitative estimate of drug-likeness (QED) is 0.382. The Morgan fingerprint density at radius 2 is 2.16 bits per heavy atom. The minimum Gasteiger partial charge on any atom is -0.360 e. The van der Waals surface area contributed by atoms with E-state index in [0.717, 1.165) is 0 Å². The van der Waals surface area contributed by atoms with Crippen LogP contribution in [0.4, 0.5) is 10.1 Å². The van der Waals surface area contributed by atoms with Gasteiger partial charge in [0.05, 0.1) is 23.5 Å². The predicted octanol–water partition coefficient (Wildman–Crippen LogP) is 3.02. The highest BCUT2D eigenvalue weighted by atomic mass is 35.5. The van der Waals surface area contributed by atoms with Gasteiger partial charge in [-0.05, 0) is 30.3 Å². The summed E-state index contributed by atoms with van der Waals surface area (Å²) in [6.07, 6.45) is 3.10. The van der Waals surface area contributed by atoms with Gasteiger partial charge in [-0.1, -0.05) is 0 Å². The monoisotopic (exact) mass is 279 g/mol. The number of aromatic amines is 1. The van der Waals surface area contributed by atoms with Crippen LogP contribution < -0.4 is 5.43 Å². The number of hydrogen-bond donors (Lipinski definition) is 2. The number of halogens is 2. The Hall–Kier alpha value is -2.14. The number of carbonyl (C=O) groups excluding carboxylic acids is 1. The SMILES string of the molecule is O=C(CCl)c1c[nH]c(/C=N/Nc2ccc(F)cc2)c1. The molecule has 2 N–H and O–H groups in total. The van der Waals surface area contributed by atoms with Crippen LogP contribution in [0.1, 0.15) is 16.1 Å². The summed E-state index contributed by atoms with van der Waals surface area (Å²) in [7, 11) is 0. The second-order valence-corrected chi connectivity index (χ2v) is 4.04. The fourth-order valence-electron chi connectivity index (χ4n) is 1.43. The van der Waals surface area contributed by atoms with Crippen molar-refractivity contribution in [2.45, 2.75) is 0 Å². The summed E-state index contributed by atoms with van der Waals surface area (Å²) in [6.45, 7) is 0. The van der Waals surface area contributed by atoms with Crippen LogP contribution in [0.15, 0.2) is 41.6 Å². The van der Waals surface area contributed by atoms with Gasteiger partial charge < -0.3 is 4.98 Å². The first kappa shape index (κ1) is 13.3. The first-order valence-corrected chi connectivity index (χ1v) is 6.04. The van der Waals surface area contributed by atoms with Gasteiger partial charge in [0.2, 0.25) is 0 Å². The number of aromatic nitrogens is 1. The van der Waals surface area contributed by atoms with E-state index in [0.29, 0.717) is 16.9 Å². The molecule has 0 atom stereocenters. The Kier molecular flexibility index (Phi) is 4.30. The lowest BCUT2D eigenvalue weighted by atomic mass is 10.2. The zero-order valence-electron chi connectivity index (χ0n) is 9.86. The van der Waals surface area contributed by atoms with Gasteiger partial charge in [0.15, 0.2) is 5.78 Å². The topological polar surface area (TPSA) is 57.2 Å². The molecule has 0 fully saturated rings. The van der Waals surface area contributed by atoms with Crippen LogP contribution in [0.3, 0.4) is 0 Å². The van der Waals surface area contributed by atoms with Gasteiger partial charge in [0.1, 0.15) is 5.82 Å². The van der Waals surface area contributed by atoms with Crippen molar-refractivity contribution in [1.82, 2.24) is 4.98 Å². The van der Waals surface area contributed by atoms with Gasteiger partial charge in [-0.3, -0.25) is 10.2 Å². The normalized spacial score (nSPS) is 10.8. The van der Waals surface area contributed by atoms with Crippen molar-refractivity contribution in [1.29, 1.82) is 0 Å². The highest BCUT2D eigenvalue weighted by molar-refractivity contribution is 6.30. The molecule has 0 saturated heterocycles. The average molecular weight is 280 g/mol. The molecule has 0 spiro atoms. The summed E-state index contributed by atoms with van der Waals surface area (Å²) < 4.78 is 12.7. The number of rotatable bonds is 5. The summed E-state index contributed by atoms with van der Waals surface area (Å²) in [4.78, 5) is 14.2. The van der Waals surface area contributed by atoms with Crippen LogP contribution in [-0.4, -0.2) is 22.9 Å². The van der Waals surface area contributed by atoms with Crippen molar-refractivity contribution >= 4 is 29.3 Å². The second-order valence-electron chi connectivity index (χ2n) is 3.78. The molecule has 1 heterocycles. The molecule has 0 aliphatic carbocycles. The molecule has 4 nitrogen and oxygen atoms in total. The fraction of sp³-hybridized carbons (Fsp3) is 0.0769. The van der Waals surface area contributed by atoms with Gasteiger partial charge >= 0.3 is 0 Å². The lowest BCUT2D eigenvalue weighted by Crippen LogP contribution is -1.97. The number of nitrogens with one attached hydrogen (secondary N) is 2. The number of hydrazone groups is 1. The van der Waals surface area contributed by atoms with Gasteiger partial charge in [0.25, 0.3) is 0 Å². The van der Waals surface area contributed by atoms with Crippen LogP contribution >= 0.6 is 11.6 Å². The highest BCUT2D eigenvalue weighted by Gasteiger charge is 2.05. The van der Waals surface area contributed by atoms with E-state index in [-0.39, 0.29) is 17.5 Å². The average Bonchev–Trinajstić information content (AvgIpc) is 2.89. The molecular weight excluding hydrogens is 269 g/mol. The molecule has 0 aliphatic heterocycles.